The third-order valence-corrected chi connectivity index (χ3v) is 4.81. The van der Waals surface area contributed by atoms with Gasteiger partial charge in [-0.2, -0.15) is 0 Å². The zero-order chi connectivity index (χ0) is 15.8. The van der Waals surface area contributed by atoms with Crippen LogP contribution in [-0.2, 0) is 10.0 Å². The van der Waals surface area contributed by atoms with Gasteiger partial charge in [-0.05, 0) is 43.9 Å². The first-order chi connectivity index (χ1) is 9.70. The van der Waals surface area contributed by atoms with Gasteiger partial charge in [-0.3, -0.25) is 4.79 Å². The van der Waals surface area contributed by atoms with Crippen molar-refractivity contribution in [2.45, 2.75) is 37.6 Å². The first-order valence-electron chi connectivity index (χ1n) is 6.83. The number of benzene rings is 1. The van der Waals surface area contributed by atoms with E-state index in [0.717, 1.165) is 25.0 Å². The van der Waals surface area contributed by atoms with Crippen molar-refractivity contribution in [1.82, 2.24) is 4.90 Å². The minimum atomic E-state index is -3.98. The number of nitrogens with zero attached hydrogens (tertiary/aromatic N) is 1. The van der Waals surface area contributed by atoms with Crippen LogP contribution in [0.3, 0.4) is 0 Å². The predicted octanol–water partition coefficient (Wildman–Crippen LogP) is 1.73. The van der Waals surface area contributed by atoms with E-state index >= 15 is 0 Å². The predicted molar refractivity (Wildman–Crippen MR) is 76.7 cm³/mol. The Morgan fingerprint density at radius 2 is 2.05 bits per heavy atom. The highest BCUT2D eigenvalue weighted by Gasteiger charge is 2.29. The van der Waals surface area contributed by atoms with E-state index in [4.69, 9.17) is 5.14 Å². The second kappa shape index (κ2) is 5.73. The number of sulfonamides is 1. The number of primary sulfonamides is 1. The summed E-state index contributed by atoms with van der Waals surface area (Å²) in [5.41, 5.74) is -0.121. The summed E-state index contributed by atoms with van der Waals surface area (Å²) in [6.45, 7) is 4.64. The van der Waals surface area contributed by atoms with E-state index in [2.05, 4.69) is 6.92 Å². The van der Waals surface area contributed by atoms with Crippen LogP contribution in [0.1, 0.15) is 37.0 Å². The van der Waals surface area contributed by atoms with Crippen molar-refractivity contribution in [2.24, 2.45) is 11.1 Å². The molecule has 1 heterocycles. The van der Waals surface area contributed by atoms with Gasteiger partial charge in [0, 0.05) is 12.6 Å². The molecule has 2 atom stereocenters. The Bertz CT molecular complexity index is 660. The molecule has 1 aliphatic rings. The largest absolute Gasteiger partial charge is 0.336 e. The molecule has 1 fully saturated rings. The summed E-state index contributed by atoms with van der Waals surface area (Å²) in [6.07, 6.45) is 1.76. The molecule has 0 aliphatic carbocycles. The van der Waals surface area contributed by atoms with E-state index in [-0.39, 0.29) is 16.5 Å². The van der Waals surface area contributed by atoms with Gasteiger partial charge < -0.3 is 4.90 Å². The van der Waals surface area contributed by atoms with Gasteiger partial charge >= 0.3 is 0 Å². The minimum absolute atomic E-state index is 0.0403. The number of nitrogens with two attached hydrogens (primary N) is 1. The summed E-state index contributed by atoms with van der Waals surface area (Å²) in [5, 5.41) is 4.94. The van der Waals surface area contributed by atoms with Gasteiger partial charge in [-0.15, -0.1) is 0 Å². The lowest BCUT2D eigenvalue weighted by atomic mass is 9.93. The molecular formula is C14H19FN2O3S. The normalized spacial score (nSPS) is 23.1. The molecule has 1 saturated heterocycles. The fourth-order valence-corrected chi connectivity index (χ4v) is 3.24. The van der Waals surface area contributed by atoms with Crippen LogP contribution in [0.4, 0.5) is 4.39 Å². The molecule has 0 bridgehead atoms. The van der Waals surface area contributed by atoms with Gasteiger partial charge in [0.1, 0.15) is 5.82 Å². The van der Waals surface area contributed by atoms with Gasteiger partial charge in [0.25, 0.3) is 5.91 Å². The van der Waals surface area contributed by atoms with Crippen LogP contribution < -0.4 is 5.14 Å². The Kier molecular flexibility index (Phi) is 4.34. The lowest BCUT2D eigenvalue weighted by Gasteiger charge is -2.36. The molecule has 21 heavy (non-hydrogen) atoms. The second-order valence-corrected chi connectivity index (χ2v) is 7.23. The first kappa shape index (κ1) is 15.9. The fraction of sp³-hybridized carbons (Fsp3) is 0.500. The van der Waals surface area contributed by atoms with Gasteiger partial charge in [-0.25, -0.2) is 17.9 Å². The molecule has 5 nitrogen and oxygen atoms in total. The van der Waals surface area contributed by atoms with Gasteiger partial charge in [-0.1, -0.05) is 6.92 Å². The summed E-state index contributed by atoms with van der Waals surface area (Å²) in [5.74, 6) is -0.733. The van der Waals surface area contributed by atoms with Crippen molar-refractivity contribution in [2.75, 3.05) is 6.54 Å². The number of halogens is 1. The van der Waals surface area contributed by atoms with Crippen molar-refractivity contribution in [3.63, 3.8) is 0 Å². The standard InChI is InChI=1S/C14H19FN2O3S/c1-9-5-6-17(10(2)7-9)14(18)12-4-3-11(8-13(12)15)21(16,19)20/h3-4,8-10H,5-7H2,1-2H3,(H2,16,19,20). The highest BCUT2D eigenvalue weighted by molar-refractivity contribution is 7.89. The number of carbonyl (C=O) groups is 1. The molecule has 1 aromatic rings. The number of amides is 1. The van der Waals surface area contributed by atoms with Crippen LogP contribution in [0.5, 0.6) is 0 Å². The summed E-state index contributed by atoms with van der Waals surface area (Å²) < 4.78 is 36.4. The molecule has 1 aromatic carbocycles. The second-order valence-electron chi connectivity index (χ2n) is 5.66. The molecule has 116 valence electrons. The molecule has 0 spiro atoms. The molecule has 1 aliphatic heterocycles. The maximum Gasteiger partial charge on any atom is 0.257 e. The Morgan fingerprint density at radius 1 is 1.38 bits per heavy atom. The van der Waals surface area contributed by atoms with E-state index in [0.29, 0.717) is 12.5 Å². The zero-order valence-corrected chi connectivity index (χ0v) is 12.9. The fourth-order valence-electron chi connectivity index (χ4n) is 2.71. The minimum Gasteiger partial charge on any atom is -0.336 e. The third-order valence-electron chi connectivity index (χ3n) is 3.90. The van der Waals surface area contributed by atoms with Crippen molar-refractivity contribution in [3.8, 4) is 0 Å². The quantitative estimate of drug-likeness (QED) is 0.902. The van der Waals surface area contributed by atoms with Crippen LogP contribution in [0.2, 0.25) is 0 Å². The van der Waals surface area contributed by atoms with Crippen molar-refractivity contribution in [1.29, 1.82) is 0 Å². The van der Waals surface area contributed by atoms with Crippen molar-refractivity contribution < 1.29 is 17.6 Å². The van der Waals surface area contributed by atoms with Gasteiger partial charge in [0.05, 0.1) is 10.5 Å². The van der Waals surface area contributed by atoms with Gasteiger partial charge in [0.2, 0.25) is 10.0 Å². The van der Waals surface area contributed by atoms with E-state index < -0.39 is 21.7 Å². The highest BCUT2D eigenvalue weighted by Crippen LogP contribution is 2.25. The summed E-state index contributed by atoms with van der Waals surface area (Å²) in [7, 11) is -3.98. The van der Waals surface area contributed by atoms with Gasteiger partial charge in [0.15, 0.2) is 0 Å². The van der Waals surface area contributed by atoms with E-state index in [1.54, 1.807) is 4.90 Å². The molecule has 2 unspecified atom stereocenters. The molecule has 7 heteroatoms. The third kappa shape index (κ3) is 3.41. The van der Waals surface area contributed by atoms with Crippen LogP contribution in [0.25, 0.3) is 0 Å². The van der Waals surface area contributed by atoms with Crippen LogP contribution >= 0.6 is 0 Å². The molecule has 2 N–H and O–H groups in total. The number of piperidine rings is 1. The van der Waals surface area contributed by atoms with Crippen LogP contribution in [0.15, 0.2) is 23.1 Å². The number of likely N-dealkylation sites (tertiary alicyclic amines) is 1. The van der Waals surface area contributed by atoms with Crippen LogP contribution in [0, 0.1) is 11.7 Å². The lowest BCUT2D eigenvalue weighted by molar-refractivity contribution is 0.0584. The first-order valence-corrected chi connectivity index (χ1v) is 8.38. The topological polar surface area (TPSA) is 80.5 Å². The summed E-state index contributed by atoms with van der Waals surface area (Å²) in [4.78, 5) is 13.7. The van der Waals surface area contributed by atoms with E-state index in [9.17, 15) is 17.6 Å². The smallest absolute Gasteiger partial charge is 0.257 e. The maximum absolute atomic E-state index is 14.0. The number of carbonyl (C=O) groups excluding carboxylic acids is 1. The SMILES string of the molecule is CC1CCN(C(=O)c2ccc(S(N)(=O)=O)cc2F)C(C)C1. The lowest BCUT2D eigenvalue weighted by Crippen LogP contribution is -2.44. The number of hydrogen-bond acceptors (Lipinski definition) is 3. The monoisotopic (exact) mass is 314 g/mol. The molecule has 0 saturated carbocycles. The molecule has 0 radical (unpaired) electrons. The summed E-state index contributed by atoms with van der Waals surface area (Å²) in [6, 6.07) is 3.17. The number of rotatable bonds is 2. The molecule has 2 rings (SSSR count). The number of hydrogen-bond donors (Lipinski definition) is 1. The molecular weight excluding hydrogens is 295 g/mol. The average Bonchev–Trinajstić information content (AvgIpc) is 2.36. The zero-order valence-electron chi connectivity index (χ0n) is 12.0. The Hall–Kier alpha value is -1.47. The summed E-state index contributed by atoms with van der Waals surface area (Å²) >= 11 is 0. The van der Waals surface area contributed by atoms with Crippen molar-refractivity contribution in [3.05, 3.63) is 29.6 Å². The Balaban J connectivity index is 2.28. The highest BCUT2D eigenvalue weighted by atomic mass is 32.2. The van der Waals surface area contributed by atoms with E-state index in [1.807, 2.05) is 6.92 Å². The maximum atomic E-state index is 14.0. The average molecular weight is 314 g/mol. The van der Waals surface area contributed by atoms with Crippen LogP contribution in [-0.4, -0.2) is 31.8 Å². The Labute approximate surface area is 124 Å². The van der Waals surface area contributed by atoms with Crippen molar-refractivity contribution >= 4 is 15.9 Å². The molecule has 0 aromatic heterocycles. The molecule has 1 amide bonds. The van der Waals surface area contributed by atoms with E-state index in [1.165, 1.54) is 6.07 Å². The Morgan fingerprint density at radius 3 is 2.57 bits per heavy atom.